The highest BCUT2D eigenvalue weighted by molar-refractivity contribution is 5.89. The summed E-state index contributed by atoms with van der Waals surface area (Å²) in [6.45, 7) is 2.14. The van der Waals surface area contributed by atoms with E-state index in [1.807, 2.05) is 9.80 Å². The second-order valence-corrected chi connectivity index (χ2v) is 8.10. The Balaban J connectivity index is 1.27. The zero-order valence-electron chi connectivity index (χ0n) is 14.4. The fourth-order valence-corrected chi connectivity index (χ4v) is 4.14. The lowest BCUT2D eigenvalue weighted by Crippen LogP contribution is -2.37. The normalized spacial score (nSPS) is 29.7. The van der Waals surface area contributed by atoms with Crippen LogP contribution >= 0.6 is 0 Å². The van der Waals surface area contributed by atoms with Gasteiger partial charge in [-0.25, -0.2) is 0 Å². The molecule has 0 unspecified atom stereocenters. The van der Waals surface area contributed by atoms with Gasteiger partial charge in [0.25, 0.3) is 0 Å². The van der Waals surface area contributed by atoms with E-state index < -0.39 is 0 Å². The average Bonchev–Trinajstić information content (AvgIpc) is 3.47. The summed E-state index contributed by atoms with van der Waals surface area (Å²) in [7, 11) is 0. The Hall–Kier alpha value is -1.92. The van der Waals surface area contributed by atoms with Gasteiger partial charge >= 0.3 is 0 Å². The van der Waals surface area contributed by atoms with Gasteiger partial charge in [0, 0.05) is 32.0 Å². The molecule has 0 aromatic carbocycles. The minimum absolute atomic E-state index is 0.0867. The molecule has 1 aromatic rings. The van der Waals surface area contributed by atoms with E-state index in [-0.39, 0.29) is 23.8 Å². The number of hydrogen-bond donors (Lipinski definition) is 0. The largest absolute Gasteiger partial charge is 0.342 e. The summed E-state index contributed by atoms with van der Waals surface area (Å²) in [6.07, 6.45) is 6.87. The van der Waals surface area contributed by atoms with Crippen molar-refractivity contribution in [1.29, 1.82) is 0 Å². The molecular formula is C18H24N4O3. The summed E-state index contributed by atoms with van der Waals surface area (Å²) < 4.78 is 5.38. The summed E-state index contributed by atoms with van der Waals surface area (Å²) >= 11 is 0. The van der Waals surface area contributed by atoms with Gasteiger partial charge in [0.05, 0.1) is 12.0 Å². The number of likely N-dealkylation sites (tertiary alicyclic amines) is 2. The Bertz CT molecular complexity index is 694. The fourth-order valence-electron chi connectivity index (χ4n) is 4.14. The number of hydrogen-bond acceptors (Lipinski definition) is 5. The fraction of sp³-hybridized carbons (Fsp3) is 0.778. The van der Waals surface area contributed by atoms with E-state index in [2.05, 4.69) is 10.1 Å². The Morgan fingerprint density at radius 1 is 1.20 bits per heavy atom. The monoisotopic (exact) mass is 344 g/mol. The van der Waals surface area contributed by atoms with Gasteiger partial charge in [-0.2, -0.15) is 4.98 Å². The number of carbonyl (C=O) groups excluding carboxylic acids is 2. The third kappa shape index (κ3) is 2.93. The molecule has 2 aliphatic carbocycles. The molecule has 0 radical (unpaired) electrons. The van der Waals surface area contributed by atoms with Crippen LogP contribution in [0, 0.1) is 11.8 Å². The first-order valence-corrected chi connectivity index (χ1v) is 9.61. The predicted molar refractivity (Wildman–Crippen MR) is 87.4 cm³/mol. The summed E-state index contributed by atoms with van der Waals surface area (Å²) in [5.41, 5.74) is 0. The standard InChI is InChI=1S/C18H24N4O3/c23-15-8-13(10-21(15)9-11-3-4-11)18(24)22-7-1-2-14(22)16-19-17(25-20-16)12-5-6-12/h11-14H,1-10H2/t13-,14-/m1/s1. The molecule has 4 fully saturated rings. The first kappa shape index (κ1) is 15.3. The van der Waals surface area contributed by atoms with Gasteiger partial charge in [-0.3, -0.25) is 9.59 Å². The summed E-state index contributed by atoms with van der Waals surface area (Å²) in [5.74, 6) is 2.48. The molecule has 2 saturated heterocycles. The number of amides is 2. The van der Waals surface area contributed by atoms with Gasteiger partial charge in [0.1, 0.15) is 0 Å². The molecule has 3 heterocycles. The molecular weight excluding hydrogens is 320 g/mol. The van der Waals surface area contributed by atoms with Crippen molar-refractivity contribution < 1.29 is 14.1 Å². The van der Waals surface area contributed by atoms with E-state index in [0.29, 0.717) is 30.6 Å². The van der Waals surface area contributed by atoms with Crippen molar-refractivity contribution in [2.75, 3.05) is 19.6 Å². The molecule has 2 atom stereocenters. The molecule has 5 rings (SSSR count). The molecule has 7 heteroatoms. The van der Waals surface area contributed by atoms with Gasteiger partial charge in [-0.1, -0.05) is 5.16 Å². The van der Waals surface area contributed by atoms with E-state index in [1.54, 1.807) is 0 Å². The van der Waals surface area contributed by atoms with Crippen molar-refractivity contribution in [3.05, 3.63) is 11.7 Å². The van der Waals surface area contributed by atoms with Crippen molar-refractivity contribution in [2.45, 2.75) is 56.9 Å². The van der Waals surface area contributed by atoms with Crippen LogP contribution in [-0.4, -0.2) is 51.4 Å². The van der Waals surface area contributed by atoms with E-state index in [1.165, 1.54) is 12.8 Å². The Labute approximate surface area is 146 Å². The number of rotatable bonds is 5. The molecule has 2 saturated carbocycles. The zero-order valence-corrected chi connectivity index (χ0v) is 14.4. The molecule has 0 bridgehead atoms. The molecule has 2 amide bonds. The number of carbonyl (C=O) groups is 2. The van der Waals surface area contributed by atoms with Crippen molar-refractivity contribution in [1.82, 2.24) is 19.9 Å². The SMILES string of the molecule is O=C1C[C@@H](C(=O)N2CCC[C@@H]2c2noc(C3CC3)n2)CN1CC1CC1. The number of nitrogens with zero attached hydrogens (tertiary/aromatic N) is 4. The summed E-state index contributed by atoms with van der Waals surface area (Å²) in [4.78, 5) is 33.6. The smallest absolute Gasteiger partial charge is 0.229 e. The molecule has 134 valence electrons. The van der Waals surface area contributed by atoms with Crippen LogP contribution in [0.4, 0.5) is 0 Å². The molecule has 7 nitrogen and oxygen atoms in total. The third-order valence-corrected chi connectivity index (χ3v) is 5.96. The van der Waals surface area contributed by atoms with Crippen molar-refractivity contribution in [3.8, 4) is 0 Å². The maximum atomic E-state index is 13.0. The highest BCUT2D eigenvalue weighted by Gasteiger charge is 2.42. The Kier molecular flexibility index (Phi) is 3.57. The first-order chi connectivity index (χ1) is 12.2. The molecule has 0 spiro atoms. The molecule has 1 aromatic heterocycles. The van der Waals surface area contributed by atoms with E-state index in [4.69, 9.17) is 4.52 Å². The quantitative estimate of drug-likeness (QED) is 0.815. The highest BCUT2D eigenvalue weighted by Crippen LogP contribution is 2.40. The second-order valence-electron chi connectivity index (χ2n) is 8.10. The maximum absolute atomic E-state index is 13.0. The summed E-state index contributed by atoms with van der Waals surface area (Å²) in [5, 5.41) is 4.14. The van der Waals surface area contributed by atoms with Crippen LogP contribution in [0.15, 0.2) is 4.52 Å². The predicted octanol–water partition coefficient (Wildman–Crippen LogP) is 1.87. The van der Waals surface area contributed by atoms with Crippen LogP contribution in [-0.2, 0) is 9.59 Å². The van der Waals surface area contributed by atoms with Crippen LogP contribution in [0.5, 0.6) is 0 Å². The molecule has 25 heavy (non-hydrogen) atoms. The molecule has 4 aliphatic rings. The Morgan fingerprint density at radius 3 is 2.80 bits per heavy atom. The minimum atomic E-state index is -0.207. The van der Waals surface area contributed by atoms with Crippen molar-refractivity contribution >= 4 is 11.8 Å². The van der Waals surface area contributed by atoms with Crippen LogP contribution in [0.2, 0.25) is 0 Å². The van der Waals surface area contributed by atoms with Gasteiger partial charge in [0.15, 0.2) is 5.82 Å². The molecule has 2 aliphatic heterocycles. The van der Waals surface area contributed by atoms with Gasteiger partial charge in [-0.15, -0.1) is 0 Å². The van der Waals surface area contributed by atoms with Crippen LogP contribution in [0.25, 0.3) is 0 Å². The van der Waals surface area contributed by atoms with Gasteiger partial charge < -0.3 is 14.3 Å². The first-order valence-electron chi connectivity index (χ1n) is 9.61. The second kappa shape index (κ2) is 5.81. The van der Waals surface area contributed by atoms with E-state index >= 15 is 0 Å². The summed E-state index contributed by atoms with van der Waals surface area (Å²) in [6, 6.07) is -0.0867. The lowest BCUT2D eigenvalue weighted by molar-refractivity contribution is -0.136. The topological polar surface area (TPSA) is 79.5 Å². The number of aromatic nitrogens is 2. The van der Waals surface area contributed by atoms with Crippen LogP contribution in [0.1, 0.15) is 68.6 Å². The maximum Gasteiger partial charge on any atom is 0.229 e. The van der Waals surface area contributed by atoms with Crippen molar-refractivity contribution in [2.24, 2.45) is 11.8 Å². The van der Waals surface area contributed by atoms with Gasteiger partial charge in [0.2, 0.25) is 17.7 Å². The Morgan fingerprint density at radius 2 is 2.04 bits per heavy atom. The average molecular weight is 344 g/mol. The highest BCUT2D eigenvalue weighted by atomic mass is 16.5. The zero-order chi connectivity index (χ0) is 17.0. The van der Waals surface area contributed by atoms with Crippen LogP contribution < -0.4 is 0 Å². The van der Waals surface area contributed by atoms with Crippen molar-refractivity contribution in [3.63, 3.8) is 0 Å². The van der Waals surface area contributed by atoms with Crippen LogP contribution in [0.3, 0.4) is 0 Å². The third-order valence-electron chi connectivity index (χ3n) is 5.96. The van der Waals surface area contributed by atoms with E-state index in [9.17, 15) is 9.59 Å². The lowest BCUT2D eigenvalue weighted by Gasteiger charge is -2.25. The minimum Gasteiger partial charge on any atom is -0.342 e. The molecule has 0 N–H and O–H groups in total. The lowest BCUT2D eigenvalue weighted by atomic mass is 10.1. The van der Waals surface area contributed by atoms with Gasteiger partial charge in [-0.05, 0) is 44.4 Å². The van der Waals surface area contributed by atoms with E-state index in [0.717, 1.165) is 44.7 Å².